The summed E-state index contributed by atoms with van der Waals surface area (Å²) < 4.78 is 64.8. The highest BCUT2D eigenvalue weighted by molar-refractivity contribution is 5.88. The molecule has 2 aromatic rings. The van der Waals surface area contributed by atoms with Crippen molar-refractivity contribution in [1.82, 2.24) is 15.0 Å². The zero-order valence-electron chi connectivity index (χ0n) is 17.0. The molecule has 1 amide bonds. The first-order chi connectivity index (χ1) is 14.4. The molecule has 2 heterocycles. The Morgan fingerprint density at radius 3 is 2.55 bits per heavy atom. The summed E-state index contributed by atoms with van der Waals surface area (Å²) >= 11 is 0. The average molecular weight is 443 g/mol. The topological polar surface area (TPSA) is 98.3 Å². The van der Waals surface area contributed by atoms with E-state index in [1.54, 1.807) is 6.92 Å². The van der Waals surface area contributed by atoms with Crippen molar-refractivity contribution < 1.29 is 31.8 Å². The quantitative estimate of drug-likeness (QED) is 0.588. The summed E-state index contributed by atoms with van der Waals surface area (Å²) in [4.78, 5) is 22.8. The smallest absolute Gasteiger partial charge is 0.304 e. The molecule has 0 spiro atoms. The maximum atomic E-state index is 13.9. The van der Waals surface area contributed by atoms with Gasteiger partial charge in [-0.05, 0) is 6.92 Å². The Labute approximate surface area is 175 Å². The van der Waals surface area contributed by atoms with Gasteiger partial charge in [-0.25, -0.2) is 18.7 Å². The van der Waals surface area contributed by atoms with Crippen molar-refractivity contribution >= 4 is 23.2 Å². The van der Waals surface area contributed by atoms with Gasteiger partial charge in [0.25, 0.3) is 5.92 Å². The van der Waals surface area contributed by atoms with E-state index in [0.29, 0.717) is 13.5 Å². The molecular formula is C19H21F4N5O3. The molecule has 0 bridgehead atoms. The van der Waals surface area contributed by atoms with Crippen molar-refractivity contribution in [3.63, 3.8) is 0 Å². The van der Waals surface area contributed by atoms with Crippen LogP contribution in [0.1, 0.15) is 39.4 Å². The summed E-state index contributed by atoms with van der Waals surface area (Å²) in [5, 5.41) is 5.32. The lowest BCUT2D eigenvalue weighted by Crippen LogP contribution is -2.43. The van der Waals surface area contributed by atoms with Gasteiger partial charge in [-0.1, -0.05) is 0 Å². The van der Waals surface area contributed by atoms with Gasteiger partial charge in [0.1, 0.15) is 17.7 Å². The van der Waals surface area contributed by atoms with Crippen molar-refractivity contribution in [3.05, 3.63) is 24.2 Å². The van der Waals surface area contributed by atoms with Crippen LogP contribution in [0.25, 0.3) is 0 Å². The van der Waals surface area contributed by atoms with Crippen LogP contribution >= 0.6 is 0 Å². The Morgan fingerprint density at radius 2 is 1.97 bits per heavy atom. The van der Waals surface area contributed by atoms with Crippen LogP contribution in [0.5, 0.6) is 11.6 Å². The number of pyridine rings is 1. The van der Waals surface area contributed by atoms with Crippen LogP contribution in [0.2, 0.25) is 0 Å². The van der Waals surface area contributed by atoms with E-state index in [9.17, 15) is 22.4 Å². The van der Waals surface area contributed by atoms with Crippen molar-refractivity contribution in [3.8, 4) is 11.6 Å². The van der Waals surface area contributed by atoms with E-state index in [1.165, 1.54) is 25.3 Å². The van der Waals surface area contributed by atoms with Gasteiger partial charge in [-0.2, -0.15) is 13.8 Å². The number of alkyl halides is 4. The third-order valence-electron chi connectivity index (χ3n) is 4.17. The number of aromatic nitrogens is 3. The minimum atomic E-state index is -3.40. The third kappa shape index (κ3) is 5.92. The molecular weight excluding hydrogens is 422 g/mol. The van der Waals surface area contributed by atoms with Crippen LogP contribution in [-0.4, -0.2) is 39.5 Å². The zero-order valence-corrected chi connectivity index (χ0v) is 17.0. The standard InChI is InChI=1S/C19H21F4N5O3/c1-4-30-13-9-24-14(25-10(2)29)5-12(13)26-15-6-16(28-17(27-15)18(3,20)21)31-11-7-19(22,23)8-11/h5-6,9,11H,4,7-8H2,1-3H3,(H2,24,25,26,27,28,29). The number of hydrogen-bond acceptors (Lipinski definition) is 7. The van der Waals surface area contributed by atoms with Crippen LogP contribution in [0.4, 0.5) is 34.9 Å². The first-order valence-corrected chi connectivity index (χ1v) is 9.44. The molecule has 0 atom stereocenters. The Kier molecular flexibility index (Phi) is 6.18. The molecule has 2 N–H and O–H groups in total. The van der Waals surface area contributed by atoms with E-state index in [4.69, 9.17) is 9.47 Å². The van der Waals surface area contributed by atoms with Crippen molar-refractivity contribution in [1.29, 1.82) is 0 Å². The highest BCUT2D eigenvalue weighted by Crippen LogP contribution is 2.40. The Hall–Kier alpha value is -3.18. The second-order valence-corrected chi connectivity index (χ2v) is 7.11. The monoisotopic (exact) mass is 443 g/mol. The molecule has 0 aromatic carbocycles. The Balaban J connectivity index is 1.92. The SMILES string of the molecule is CCOc1cnc(NC(C)=O)cc1Nc1cc(OC2CC(F)(F)C2)nc(C(C)(F)F)n1. The second-order valence-electron chi connectivity index (χ2n) is 7.11. The highest BCUT2D eigenvalue weighted by Gasteiger charge is 2.47. The lowest BCUT2D eigenvalue weighted by Gasteiger charge is -2.34. The van der Waals surface area contributed by atoms with Crippen LogP contribution in [0.15, 0.2) is 18.3 Å². The fourth-order valence-electron chi connectivity index (χ4n) is 2.80. The molecule has 3 rings (SSSR count). The van der Waals surface area contributed by atoms with Crippen LogP contribution in [-0.2, 0) is 10.7 Å². The number of carbonyl (C=O) groups is 1. The summed E-state index contributed by atoms with van der Waals surface area (Å²) in [7, 11) is 0. The van der Waals surface area contributed by atoms with E-state index in [1.807, 2.05) is 0 Å². The maximum absolute atomic E-state index is 13.9. The minimum absolute atomic E-state index is 0.0754. The van der Waals surface area contributed by atoms with Crippen molar-refractivity contribution in [2.24, 2.45) is 0 Å². The van der Waals surface area contributed by atoms with Gasteiger partial charge in [-0.15, -0.1) is 0 Å². The van der Waals surface area contributed by atoms with Crippen LogP contribution in [0.3, 0.4) is 0 Å². The van der Waals surface area contributed by atoms with Gasteiger partial charge in [0.05, 0.1) is 18.5 Å². The molecule has 1 aliphatic carbocycles. The molecule has 0 aliphatic heterocycles. The van der Waals surface area contributed by atoms with Gasteiger partial charge in [0, 0.05) is 38.8 Å². The molecule has 1 aliphatic rings. The molecule has 12 heteroatoms. The predicted octanol–water partition coefficient (Wildman–Crippen LogP) is 4.26. The number of rotatable bonds is 8. The second kappa shape index (κ2) is 8.52. The van der Waals surface area contributed by atoms with Crippen LogP contribution in [0, 0.1) is 0 Å². The van der Waals surface area contributed by atoms with Gasteiger partial charge >= 0.3 is 5.92 Å². The molecule has 31 heavy (non-hydrogen) atoms. The number of carbonyl (C=O) groups excluding carboxylic acids is 1. The van der Waals surface area contributed by atoms with Gasteiger partial charge in [0.2, 0.25) is 17.6 Å². The van der Waals surface area contributed by atoms with Crippen LogP contribution < -0.4 is 20.1 Å². The fraction of sp³-hybridized carbons (Fsp3) is 0.474. The Bertz CT molecular complexity index is 960. The average Bonchev–Trinajstić information content (AvgIpc) is 2.61. The van der Waals surface area contributed by atoms with Gasteiger partial charge in [-0.3, -0.25) is 4.79 Å². The lowest BCUT2D eigenvalue weighted by molar-refractivity contribution is -0.135. The van der Waals surface area contributed by atoms with E-state index in [-0.39, 0.29) is 34.9 Å². The fourth-order valence-corrected chi connectivity index (χ4v) is 2.80. The van der Waals surface area contributed by atoms with Crippen molar-refractivity contribution in [2.75, 3.05) is 17.2 Å². The molecule has 0 unspecified atom stereocenters. The number of nitrogens with one attached hydrogen (secondary N) is 2. The van der Waals surface area contributed by atoms with E-state index < -0.39 is 36.6 Å². The largest absolute Gasteiger partial charge is 0.490 e. The summed E-state index contributed by atoms with van der Waals surface area (Å²) in [5.74, 6) is -7.29. The van der Waals surface area contributed by atoms with Crippen molar-refractivity contribution in [2.45, 2.75) is 51.6 Å². The number of anilines is 3. The predicted molar refractivity (Wildman–Crippen MR) is 103 cm³/mol. The number of ether oxygens (including phenoxy) is 2. The summed E-state index contributed by atoms with van der Waals surface area (Å²) in [6.45, 7) is 3.95. The van der Waals surface area contributed by atoms with Gasteiger partial charge < -0.3 is 20.1 Å². The zero-order chi connectivity index (χ0) is 22.8. The number of nitrogens with zero attached hydrogens (tertiary/aromatic N) is 3. The molecule has 0 radical (unpaired) electrons. The molecule has 168 valence electrons. The number of hydrogen-bond donors (Lipinski definition) is 2. The lowest BCUT2D eigenvalue weighted by atomic mass is 9.91. The molecule has 1 saturated carbocycles. The first-order valence-electron chi connectivity index (χ1n) is 9.44. The van der Waals surface area contributed by atoms with Gasteiger partial charge in [0.15, 0.2) is 5.75 Å². The van der Waals surface area contributed by atoms with E-state index in [2.05, 4.69) is 25.6 Å². The number of amides is 1. The maximum Gasteiger partial charge on any atom is 0.304 e. The summed E-state index contributed by atoms with van der Waals surface area (Å²) in [6, 6.07) is 2.66. The highest BCUT2D eigenvalue weighted by atomic mass is 19.3. The number of halogens is 4. The first kappa shape index (κ1) is 22.5. The Morgan fingerprint density at radius 1 is 1.26 bits per heavy atom. The van der Waals surface area contributed by atoms with E-state index in [0.717, 1.165) is 0 Å². The molecule has 8 nitrogen and oxygen atoms in total. The third-order valence-corrected chi connectivity index (χ3v) is 4.17. The summed E-state index contributed by atoms with van der Waals surface area (Å²) in [6.07, 6.45) is -0.517. The van der Waals surface area contributed by atoms with E-state index >= 15 is 0 Å². The molecule has 0 saturated heterocycles. The molecule has 2 aromatic heterocycles. The summed E-state index contributed by atoms with van der Waals surface area (Å²) in [5.41, 5.74) is 0.283. The molecule has 1 fully saturated rings. The minimum Gasteiger partial charge on any atom is -0.490 e. The normalized spacial score (nSPS) is 15.7.